The number of hydrogen-bond acceptors (Lipinski definition) is 5. The van der Waals surface area contributed by atoms with Crippen LogP contribution in [0.5, 0.6) is 5.75 Å². The van der Waals surface area contributed by atoms with Gasteiger partial charge in [-0.25, -0.2) is 0 Å². The second-order valence-electron chi connectivity index (χ2n) is 4.24. The lowest BCUT2D eigenvalue weighted by Gasteiger charge is -2.09. The van der Waals surface area contributed by atoms with Gasteiger partial charge in [-0.1, -0.05) is 12.1 Å². The molecule has 6 heteroatoms. The number of rotatable bonds is 5. The molecule has 0 bridgehead atoms. The Morgan fingerprint density at radius 3 is 2.70 bits per heavy atom. The summed E-state index contributed by atoms with van der Waals surface area (Å²) in [7, 11) is 1.41. The van der Waals surface area contributed by atoms with E-state index in [9.17, 15) is 10.1 Å². The molecule has 1 N–H and O–H groups in total. The van der Waals surface area contributed by atoms with Crippen molar-refractivity contribution >= 4 is 11.4 Å². The Morgan fingerprint density at radius 1 is 1.30 bits per heavy atom. The van der Waals surface area contributed by atoms with E-state index in [2.05, 4.69) is 10.3 Å². The molecule has 2 rings (SSSR count). The zero-order chi connectivity index (χ0) is 14.5. The monoisotopic (exact) mass is 273 g/mol. The maximum absolute atomic E-state index is 11.1. The molecule has 0 spiro atoms. The zero-order valence-corrected chi connectivity index (χ0v) is 11.3. The molecule has 0 fully saturated rings. The molecular formula is C14H15N3O3. The molecule has 20 heavy (non-hydrogen) atoms. The van der Waals surface area contributed by atoms with E-state index in [1.807, 2.05) is 25.1 Å². The summed E-state index contributed by atoms with van der Waals surface area (Å²) in [6, 6.07) is 10.6. The first-order chi connectivity index (χ1) is 9.61. The second-order valence-corrected chi connectivity index (χ2v) is 4.24. The van der Waals surface area contributed by atoms with Crippen LogP contribution in [0.25, 0.3) is 0 Å². The van der Waals surface area contributed by atoms with Crippen molar-refractivity contribution in [3.63, 3.8) is 0 Å². The van der Waals surface area contributed by atoms with Crippen molar-refractivity contribution in [2.24, 2.45) is 0 Å². The van der Waals surface area contributed by atoms with Crippen LogP contribution in [0.15, 0.2) is 36.4 Å². The van der Waals surface area contributed by atoms with Gasteiger partial charge < -0.3 is 10.1 Å². The van der Waals surface area contributed by atoms with E-state index < -0.39 is 4.92 Å². The van der Waals surface area contributed by atoms with E-state index in [0.29, 0.717) is 12.2 Å². The van der Waals surface area contributed by atoms with Crippen LogP contribution in [0.4, 0.5) is 11.4 Å². The number of nitro groups is 1. The molecule has 6 nitrogen and oxygen atoms in total. The van der Waals surface area contributed by atoms with Crippen LogP contribution in [-0.4, -0.2) is 17.0 Å². The van der Waals surface area contributed by atoms with Crippen LogP contribution < -0.4 is 10.1 Å². The van der Waals surface area contributed by atoms with Gasteiger partial charge in [-0.05, 0) is 31.2 Å². The number of pyridine rings is 1. The van der Waals surface area contributed by atoms with Gasteiger partial charge in [-0.3, -0.25) is 15.1 Å². The Labute approximate surface area is 116 Å². The maximum Gasteiger partial charge on any atom is 0.333 e. The van der Waals surface area contributed by atoms with Crippen LogP contribution in [0, 0.1) is 17.0 Å². The number of anilines is 1. The van der Waals surface area contributed by atoms with Gasteiger partial charge >= 0.3 is 5.69 Å². The van der Waals surface area contributed by atoms with Crippen molar-refractivity contribution < 1.29 is 9.66 Å². The summed E-state index contributed by atoms with van der Waals surface area (Å²) in [5.74, 6) is 0.234. The minimum atomic E-state index is -0.454. The van der Waals surface area contributed by atoms with Crippen LogP contribution in [0.1, 0.15) is 11.4 Å². The number of aromatic nitrogens is 1. The summed E-state index contributed by atoms with van der Waals surface area (Å²) in [5, 5.41) is 14.2. The molecule has 0 aliphatic heterocycles. The van der Waals surface area contributed by atoms with Crippen molar-refractivity contribution in [3.05, 3.63) is 57.9 Å². The number of nitrogens with zero attached hydrogens (tertiary/aromatic N) is 2. The zero-order valence-electron chi connectivity index (χ0n) is 11.3. The molecule has 1 aromatic carbocycles. The van der Waals surface area contributed by atoms with Crippen molar-refractivity contribution in [2.45, 2.75) is 13.5 Å². The van der Waals surface area contributed by atoms with Gasteiger partial charge in [0.05, 0.1) is 24.3 Å². The predicted octanol–water partition coefficient (Wildman–Crippen LogP) is 2.92. The molecule has 0 saturated carbocycles. The second kappa shape index (κ2) is 6.01. The number of hydrogen-bond donors (Lipinski definition) is 1. The summed E-state index contributed by atoms with van der Waals surface area (Å²) in [4.78, 5) is 15.0. The first-order valence-electron chi connectivity index (χ1n) is 6.09. The standard InChI is InChI=1S/C14H15N3O3/c1-10-5-3-6-11(16-10)9-15-12-7-4-8-13(20-2)14(12)17(18)19/h3-8,15H,9H2,1-2H3. The summed E-state index contributed by atoms with van der Waals surface area (Å²) < 4.78 is 5.02. The summed E-state index contributed by atoms with van der Waals surface area (Å²) in [6.45, 7) is 2.31. The number of nitro benzene ring substituents is 1. The minimum Gasteiger partial charge on any atom is -0.490 e. The number of benzene rings is 1. The molecule has 0 aliphatic carbocycles. The largest absolute Gasteiger partial charge is 0.490 e. The highest BCUT2D eigenvalue weighted by atomic mass is 16.6. The predicted molar refractivity (Wildman–Crippen MR) is 75.9 cm³/mol. The first-order valence-corrected chi connectivity index (χ1v) is 6.09. The molecule has 0 radical (unpaired) electrons. The van der Waals surface area contributed by atoms with Crippen molar-refractivity contribution in [1.29, 1.82) is 0 Å². The molecule has 1 aromatic heterocycles. The fourth-order valence-electron chi connectivity index (χ4n) is 1.90. The minimum absolute atomic E-state index is 0.0670. The summed E-state index contributed by atoms with van der Waals surface area (Å²) in [5.41, 5.74) is 2.08. The average Bonchev–Trinajstić information content (AvgIpc) is 2.44. The van der Waals surface area contributed by atoms with Gasteiger partial charge in [0.1, 0.15) is 5.69 Å². The highest BCUT2D eigenvalue weighted by Gasteiger charge is 2.20. The Hall–Kier alpha value is -2.63. The van der Waals surface area contributed by atoms with E-state index in [1.54, 1.807) is 18.2 Å². The molecule has 0 unspecified atom stereocenters. The number of nitrogens with one attached hydrogen (secondary N) is 1. The fraction of sp³-hybridized carbons (Fsp3) is 0.214. The molecule has 0 aliphatic rings. The quantitative estimate of drug-likeness (QED) is 0.669. The third-order valence-electron chi connectivity index (χ3n) is 2.81. The van der Waals surface area contributed by atoms with Gasteiger partial charge in [0, 0.05) is 5.69 Å². The van der Waals surface area contributed by atoms with Gasteiger partial charge in [0.15, 0.2) is 5.75 Å². The SMILES string of the molecule is COc1cccc(NCc2cccc(C)n2)c1[N+](=O)[O-]. The van der Waals surface area contributed by atoms with Gasteiger partial charge in [0.25, 0.3) is 0 Å². The molecule has 2 aromatic rings. The lowest BCUT2D eigenvalue weighted by Crippen LogP contribution is -2.05. The smallest absolute Gasteiger partial charge is 0.333 e. The molecule has 0 atom stereocenters. The van der Waals surface area contributed by atoms with E-state index in [-0.39, 0.29) is 11.4 Å². The van der Waals surface area contributed by atoms with Crippen molar-refractivity contribution in [1.82, 2.24) is 4.98 Å². The Bertz CT molecular complexity index is 629. The van der Waals surface area contributed by atoms with Crippen LogP contribution in [0.3, 0.4) is 0 Å². The van der Waals surface area contributed by atoms with Crippen LogP contribution in [0.2, 0.25) is 0 Å². The fourth-order valence-corrected chi connectivity index (χ4v) is 1.90. The Kier molecular flexibility index (Phi) is 4.14. The topological polar surface area (TPSA) is 77.3 Å². The van der Waals surface area contributed by atoms with Crippen LogP contribution >= 0.6 is 0 Å². The Balaban J connectivity index is 2.23. The Morgan fingerprint density at radius 2 is 2.05 bits per heavy atom. The third kappa shape index (κ3) is 3.03. The molecule has 0 amide bonds. The van der Waals surface area contributed by atoms with Crippen molar-refractivity contribution in [3.8, 4) is 5.75 Å². The summed E-state index contributed by atoms with van der Waals surface area (Å²) in [6.07, 6.45) is 0. The lowest BCUT2D eigenvalue weighted by molar-refractivity contribution is -0.384. The molecule has 0 saturated heterocycles. The molecular weight excluding hydrogens is 258 g/mol. The summed E-state index contributed by atoms with van der Waals surface area (Å²) >= 11 is 0. The molecule has 104 valence electrons. The third-order valence-corrected chi connectivity index (χ3v) is 2.81. The highest BCUT2D eigenvalue weighted by Crippen LogP contribution is 2.34. The van der Waals surface area contributed by atoms with Gasteiger partial charge in [-0.2, -0.15) is 0 Å². The lowest BCUT2D eigenvalue weighted by atomic mass is 10.2. The number of para-hydroxylation sites is 1. The number of methoxy groups -OCH3 is 1. The van der Waals surface area contributed by atoms with E-state index in [4.69, 9.17) is 4.74 Å². The highest BCUT2D eigenvalue weighted by molar-refractivity contribution is 5.68. The van der Waals surface area contributed by atoms with Crippen molar-refractivity contribution in [2.75, 3.05) is 12.4 Å². The van der Waals surface area contributed by atoms with Crippen LogP contribution in [-0.2, 0) is 6.54 Å². The number of ether oxygens (including phenoxy) is 1. The van der Waals surface area contributed by atoms with Gasteiger partial charge in [-0.15, -0.1) is 0 Å². The van der Waals surface area contributed by atoms with E-state index in [0.717, 1.165) is 11.4 Å². The van der Waals surface area contributed by atoms with Gasteiger partial charge in [0.2, 0.25) is 0 Å². The normalized spacial score (nSPS) is 10.1. The molecule has 1 heterocycles. The maximum atomic E-state index is 11.1. The average molecular weight is 273 g/mol. The first kappa shape index (κ1) is 13.8. The van der Waals surface area contributed by atoms with E-state index >= 15 is 0 Å². The number of aryl methyl sites for hydroxylation is 1. The van der Waals surface area contributed by atoms with E-state index in [1.165, 1.54) is 7.11 Å².